The topological polar surface area (TPSA) is 38.9 Å². The van der Waals surface area contributed by atoms with Gasteiger partial charge in [-0.2, -0.15) is 0 Å². The molecule has 13 heavy (non-hydrogen) atoms. The highest BCUT2D eigenvalue weighted by Gasteiger charge is 2.15. The molecule has 1 unspecified atom stereocenters. The molecule has 2 N–H and O–H groups in total. The predicted molar refractivity (Wildman–Crippen MR) is 61.4 cm³/mol. The second-order valence-corrected chi connectivity index (χ2v) is 5.31. The maximum absolute atomic E-state index is 5.59. The highest BCUT2D eigenvalue weighted by molar-refractivity contribution is 9.10. The zero-order chi connectivity index (χ0) is 10.0. The Kier molecular flexibility index (Phi) is 3.88. The molecule has 4 heteroatoms. The van der Waals surface area contributed by atoms with Crippen molar-refractivity contribution in [2.75, 3.05) is 6.54 Å². The van der Waals surface area contributed by atoms with Gasteiger partial charge >= 0.3 is 0 Å². The number of nitrogens with two attached hydrogens (primary N) is 1. The zero-order valence-electron chi connectivity index (χ0n) is 8.17. The first-order chi connectivity index (χ1) is 6.06. The molecule has 2 nitrogen and oxygen atoms in total. The molecule has 1 aromatic rings. The molecule has 0 aliphatic rings. The molecule has 74 valence electrons. The Hall–Kier alpha value is 0.0700. The molecule has 0 aliphatic heterocycles. The molecular weight excluding hydrogens is 248 g/mol. The van der Waals surface area contributed by atoms with Crippen LogP contribution in [0.2, 0.25) is 0 Å². The maximum atomic E-state index is 5.59. The van der Waals surface area contributed by atoms with Gasteiger partial charge in [-0.05, 0) is 21.8 Å². The van der Waals surface area contributed by atoms with Gasteiger partial charge in [0.25, 0.3) is 0 Å². The van der Waals surface area contributed by atoms with E-state index in [1.54, 1.807) is 11.3 Å². The van der Waals surface area contributed by atoms with Crippen molar-refractivity contribution < 1.29 is 0 Å². The van der Waals surface area contributed by atoms with Gasteiger partial charge < -0.3 is 5.73 Å². The third kappa shape index (κ3) is 2.51. The van der Waals surface area contributed by atoms with Crippen molar-refractivity contribution in [3.8, 4) is 0 Å². The second-order valence-electron chi connectivity index (χ2n) is 3.50. The highest BCUT2D eigenvalue weighted by Crippen LogP contribution is 2.33. The van der Waals surface area contributed by atoms with Crippen molar-refractivity contribution >= 4 is 27.3 Å². The molecule has 1 atom stereocenters. The number of rotatable bonds is 3. The van der Waals surface area contributed by atoms with Crippen LogP contribution in [0.25, 0.3) is 0 Å². The molecule has 0 amide bonds. The van der Waals surface area contributed by atoms with E-state index in [1.165, 1.54) is 4.88 Å². The molecule has 0 aromatic carbocycles. The van der Waals surface area contributed by atoms with Crippen molar-refractivity contribution in [2.45, 2.75) is 32.6 Å². The minimum absolute atomic E-state index is 0.369. The van der Waals surface area contributed by atoms with E-state index in [9.17, 15) is 0 Å². The summed E-state index contributed by atoms with van der Waals surface area (Å²) in [6.07, 6.45) is 0. The fourth-order valence-electron chi connectivity index (χ4n) is 0.997. The van der Waals surface area contributed by atoms with E-state index in [0.717, 1.165) is 9.61 Å². The van der Waals surface area contributed by atoms with Gasteiger partial charge in [-0.25, -0.2) is 4.98 Å². The lowest BCUT2D eigenvalue weighted by atomic mass is 10.2. The first-order valence-corrected chi connectivity index (χ1v) is 6.03. The Labute approximate surface area is 91.7 Å². The van der Waals surface area contributed by atoms with Gasteiger partial charge in [0.1, 0.15) is 4.60 Å². The van der Waals surface area contributed by atoms with Crippen LogP contribution in [0.4, 0.5) is 0 Å². The Morgan fingerprint density at radius 2 is 2.08 bits per heavy atom. The van der Waals surface area contributed by atoms with E-state index in [-0.39, 0.29) is 0 Å². The molecule has 0 fully saturated rings. The van der Waals surface area contributed by atoms with Crippen LogP contribution in [0.1, 0.15) is 42.5 Å². The van der Waals surface area contributed by atoms with E-state index < -0.39 is 0 Å². The van der Waals surface area contributed by atoms with E-state index in [4.69, 9.17) is 5.73 Å². The maximum Gasteiger partial charge on any atom is 0.120 e. The van der Waals surface area contributed by atoms with Crippen LogP contribution in [0, 0.1) is 0 Å². The van der Waals surface area contributed by atoms with Gasteiger partial charge in [-0.3, -0.25) is 0 Å². The summed E-state index contributed by atoms with van der Waals surface area (Å²) in [5.74, 6) is 0.902. The zero-order valence-corrected chi connectivity index (χ0v) is 10.6. The van der Waals surface area contributed by atoms with Crippen molar-refractivity contribution in [2.24, 2.45) is 5.73 Å². The quantitative estimate of drug-likeness (QED) is 0.910. The first kappa shape index (κ1) is 11.1. The Balaban J connectivity index is 2.95. The van der Waals surface area contributed by atoms with Gasteiger partial charge in [-0.15, -0.1) is 11.3 Å². The number of hydrogen-bond donors (Lipinski definition) is 1. The average molecular weight is 263 g/mol. The van der Waals surface area contributed by atoms with E-state index in [1.807, 2.05) is 0 Å². The van der Waals surface area contributed by atoms with Crippen LogP contribution in [0.3, 0.4) is 0 Å². The van der Waals surface area contributed by atoms with Crippen molar-refractivity contribution in [3.63, 3.8) is 0 Å². The molecular formula is C9H15BrN2S. The fraction of sp³-hybridized carbons (Fsp3) is 0.667. The molecule has 0 aliphatic carbocycles. The SMILES string of the molecule is CC(C)c1sc(C(C)CN)nc1Br. The number of halogens is 1. The van der Waals surface area contributed by atoms with Crippen LogP contribution < -0.4 is 5.73 Å². The number of thiazole rings is 1. The molecule has 0 spiro atoms. The van der Waals surface area contributed by atoms with Gasteiger partial charge in [-0.1, -0.05) is 20.8 Å². The number of nitrogens with zero attached hydrogens (tertiary/aromatic N) is 1. The predicted octanol–water partition coefficient (Wildman–Crippen LogP) is 3.09. The van der Waals surface area contributed by atoms with Crippen LogP contribution in [-0.4, -0.2) is 11.5 Å². The lowest BCUT2D eigenvalue weighted by Crippen LogP contribution is -2.08. The average Bonchev–Trinajstić information content (AvgIpc) is 2.46. The van der Waals surface area contributed by atoms with Crippen LogP contribution in [0.15, 0.2) is 4.60 Å². The molecule has 0 saturated carbocycles. The summed E-state index contributed by atoms with van der Waals surface area (Å²) in [7, 11) is 0. The summed E-state index contributed by atoms with van der Waals surface area (Å²) < 4.78 is 0.989. The molecule has 0 radical (unpaired) electrons. The summed E-state index contributed by atoms with van der Waals surface area (Å²) in [5, 5.41) is 1.14. The van der Waals surface area contributed by atoms with Crippen LogP contribution in [-0.2, 0) is 0 Å². The Morgan fingerprint density at radius 3 is 2.46 bits per heavy atom. The number of aromatic nitrogens is 1. The fourth-order valence-corrected chi connectivity index (χ4v) is 3.03. The summed E-state index contributed by atoms with van der Waals surface area (Å²) >= 11 is 5.24. The third-order valence-corrected chi connectivity index (χ3v) is 4.38. The van der Waals surface area contributed by atoms with Crippen LogP contribution in [0.5, 0.6) is 0 Å². The Morgan fingerprint density at radius 1 is 1.46 bits per heavy atom. The summed E-state index contributed by atoms with van der Waals surface area (Å²) in [5.41, 5.74) is 5.59. The first-order valence-electron chi connectivity index (χ1n) is 4.42. The second kappa shape index (κ2) is 4.53. The van der Waals surface area contributed by atoms with Gasteiger partial charge in [0.15, 0.2) is 0 Å². The normalized spacial score (nSPS) is 13.7. The van der Waals surface area contributed by atoms with E-state index in [0.29, 0.717) is 18.4 Å². The lowest BCUT2D eigenvalue weighted by molar-refractivity contribution is 0.763. The van der Waals surface area contributed by atoms with Crippen molar-refractivity contribution in [1.29, 1.82) is 0 Å². The Bertz CT molecular complexity index is 283. The minimum atomic E-state index is 0.369. The standard InChI is InChI=1S/C9H15BrN2S/c1-5(2)7-8(10)12-9(13-7)6(3)4-11/h5-6H,4,11H2,1-3H3. The molecule has 0 bridgehead atoms. The number of hydrogen-bond acceptors (Lipinski definition) is 3. The third-order valence-electron chi connectivity index (χ3n) is 1.93. The van der Waals surface area contributed by atoms with Crippen molar-refractivity contribution in [3.05, 3.63) is 14.5 Å². The molecule has 1 aromatic heterocycles. The molecule has 1 rings (SSSR count). The van der Waals surface area contributed by atoms with Crippen molar-refractivity contribution in [1.82, 2.24) is 4.98 Å². The molecule has 0 saturated heterocycles. The van der Waals surface area contributed by atoms with Gasteiger partial charge in [0, 0.05) is 17.3 Å². The summed E-state index contributed by atoms with van der Waals surface area (Å²) in [6.45, 7) is 7.12. The van der Waals surface area contributed by atoms with Gasteiger partial charge in [0.05, 0.1) is 5.01 Å². The summed E-state index contributed by atoms with van der Waals surface area (Å²) in [4.78, 5) is 5.77. The largest absolute Gasteiger partial charge is 0.330 e. The summed E-state index contributed by atoms with van der Waals surface area (Å²) in [6, 6.07) is 0. The molecule has 1 heterocycles. The minimum Gasteiger partial charge on any atom is -0.330 e. The van der Waals surface area contributed by atoms with Crippen LogP contribution >= 0.6 is 27.3 Å². The highest BCUT2D eigenvalue weighted by atomic mass is 79.9. The lowest BCUT2D eigenvalue weighted by Gasteiger charge is -2.02. The van der Waals surface area contributed by atoms with Gasteiger partial charge in [0.2, 0.25) is 0 Å². The van der Waals surface area contributed by atoms with E-state index in [2.05, 4.69) is 41.7 Å². The monoisotopic (exact) mass is 262 g/mol. The smallest absolute Gasteiger partial charge is 0.120 e. The van der Waals surface area contributed by atoms with E-state index >= 15 is 0 Å².